The number of hydrogen-bond acceptors (Lipinski definition) is 6. The van der Waals surface area contributed by atoms with Gasteiger partial charge in [-0.05, 0) is 49.6 Å². The lowest BCUT2D eigenvalue weighted by molar-refractivity contribution is -0.153. The summed E-state index contributed by atoms with van der Waals surface area (Å²) in [5.74, 6) is -2.08. The van der Waals surface area contributed by atoms with Crippen molar-refractivity contribution >= 4 is 27.3 Å². The number of sulfone groups is 1. The fraction of sp³-hybridized carbons (Fsp3) is 0.370. The van der Waals surface area contributed by atoms with Gasteiger partial charge in [0.1, 0.15) is 22.9 Å². The van der Waals surface area contributed by atoms with E-state index in [-0.39, 0.29) is 23.7 Å². The fourth-order valence-electron chi connectivity index (χ4n) is 4.79. The molecule has 0 spiro atoms. The number of aryl methyl sites for hydroxylation is 2. The second-order valence-electron chi connectivity index (χ2n) is 10.1. The molecule has 1 aliphatic rings. The molecule has 0 radical (unpaired) electrons. The number of halogens is 3. The molecule has 40 heavy (non-hydrogen) atoms. The molecule has 3 aromatic rings. The number of anilines is 1. The molecule has 0 unspecified atom stereocenters. The first-order valence-electron chi connectivity index (χ1n) is 12.4. The highest BCUT2D eigenvalue weighted by Gasteiger charge is 2.41. The molecule has 9 nitrogen and oxygen atoms in total. The van der Waals surface area contributed by atoms with Crippen LogP contribution in [-0.2, 0) is 33.1 Å². The molecule has 2 heterocycles. The lowest BCUT2D eigenvalue weighted by Crippen LogP contribution is -2.52. The van der Waals surface area contributed by atoms with Crippen LogP contribution in [0.4, 0.5) is 18.9 Å². The molecule has 214 valence electrons. The van der Waals surface area contributed by atoms with Crippen LogP contribution in [0.15, 0.2) is 42.5 Å². The first-order chi connectivity index (χ1) is 18.6. The number of carbonyl (C=O) groups is 2. The molecule has 1 aromatic heterocycles. The van der Waals surface area contributed by atoms with Gasteiger partial charge in [0.05, 0.1) is 12.1 Å². The number of carbonyl (C=O) groups excluding carboxylic acids is 2. The van der Waals surface area contributed by atoms with E-state index in [1.807, 2.05) is 26.0 Å². The maximum Gasteiger partial charge on any atom is 0.422 e. The molecule has 0 fully saturated rings. The second kappa shape index (κ2) is 10.6. The van der Waals surface area contributed by atoms with Gasteiger partial charge < -0.3 is 15.4 Å². The Balaban J connectivity index is 1.76. The van der Waals surface area contributed by atoms with Gasteiger partial charge >= 0.3 is 6.18 Å². The van der Waals surface area contributed by atoms with Crippen LogP contribution in [0.5, 0.6) is 5.75 Å². The number of fused-ring (bicyclic) bond motifs is 1. The average molecular weight is 579 g/mol. The topological polar surface area (TPSA) is 119 Å². The maximum absolute atomic E-state index is 13.6. The Labute approximate surface area is 229 Å². The Kier molecular flexibility index (Phi) is 7.72. The molecule has 0 saturated heterocycles. The predicted octanol–water partition coefficient (Wildman–Crippen LogP) is 4.00. The van der Waals surface area contributed by atoms with Crippen LogP contribution in [0.3, 0.4) is 0 Å². The third-order valence-electron chi connectivity index (χ3n) is 6.43. The van der Waals surface area contributed by atoms with Crippen LogP contribution in [0, 0.1) is 6.92 Å². The minimum absolute atomic E-state index is 0.0546. The molecule has 2 aromatic carbocycles. The summed E-state index contributed by atoms with van der Waals surface area (Å²) in [5, 5.41) is 10.2. The average Bonchev–Trinajstić information content (AvgIpc) is 3.18. The van der Waals surface area contributed by atoms with E-state index in [9.17, 15) is 31.2 Å². The molecule has 1 aliphatic heterocycles. The summed E-state index contributed by atoms with van der Waals surface area (Å²) >= 11 is 0. The van der Waals surface area contributed by atoms with Gasteiger partial charge in [0.25, 0.3) is 5.91 Å². The number of nitrogens with one attached hydrogen (secondary N) is 2. The second-order valence-corrected chi connectivity index (χ2v) is 12.2. The Morgan fingerprint density at radius 3 is 2.58 bits per heavy atom. The quantitative estimate of drug-likeness (QED) is 0.417. The van der Waals surface area contributed by atoms with Crippen molar-refractivity contribution in [1.29, 1.82) is 0 Å². The standard InChI is InChI=1S/C27H29F3N4O5S/c1-5-17-12-19(39-15-27(28,29)30)9-10-20(17)26(3)14-34-24(25(36)32-26)23(31-21(35)13-40(4,37)38)22(33-34)18-8-6-7-16(2)11-18/h6-12H,5,13-15H2,1-4H3,(H,31,35)(H,32,36)/t26-/m1/s1. The van der Waals surface area contributed by atoms with Gasteiger partial charge in [0.2, 0.25) is 5.91 Å². The Hall–Kier alpha value is -3.87. The van der Waals surface area contributed by atoms with Crippen molar-refractivity contribution in [1.82, 2.24) is 15.1 Å². The zero-order valence-corrected chi connectivity index (χ0v) is 23.2. The van der Waals surface area contributed by atoms with Gasteiger partial charge in [-0.15, -0.1) is 0 Å². The van der Waals surface area contributed by atoms with Gasteiger partial charge in [-0.25, -0.2) is 8.42 Å². The monoisotopic (exact) mass is 578 g/mol. The first-order valence-corrected chi connectivity index (χ1v) is 14.5. The fourth-order valence-corrected chi connectivity index (χ4v) is 5.34. The number of benzene rings is 2. The van der Waals surface area contributed by atoms with Crippen molar-refractivity contribution in [2.75, 3.05) is 23.9 Å². The van der Waals surface area contributed by atoms with E-state index >= 15 is 0 Å². The van der Waals surface area contributed by atoms with Crippen LogP contribution < -0.4 is 15.4 Å². The molecule has 0 saturated carbocycles. The zero-order chi connectivity index (χ0) is 29.5. The van der Waals surface area contributed by atoms with E-state index in [4.69, 9.17) is 4.74 Å². The van der Waals surface area contributed by atoms with Crippen LogP contribution >= 0.6 is 0 Å². The Morgan fingerprint density at radius 1 is 1.23 bits per heavy atom. The normalized spacial score (nSPS) is 17.2. The molecule has 4 rings (SSSR count). The number of aromatic nitrogens is 2. The highest BCUT2D eigenvalue weighted by molar-refractivity contribution is 7.91. The zero-order valence-electron chi connectivity index (χ0n) is 22.3. The van der Waals surface area contributed by atoms with Gasteiger partial charge in [-0.1, -0.05) is 36.8 Å². The number of amides is 2. The number of nitrogens with zero attached hydrogens (tertiary/aromatic N) is 2. The number of hydrogen-bond donors (Lipinski definition) is 2. The summed E-state index contributed by atoms with van der Waals surface area (Å²) < 4.78 is 67.7. The van der Waals surface area contributed by atoms with E-state index in [2.05, 4.69) is 15.7 Å². The van der Waals surface area contributed by atoms with Crippen molar-refractivity contribution in [3.63, 3.8) is 0 Å². The van der Waals surface area contributed by atoms with Gasteiger partial charge in [0, 0.05) is 11.8 Å². The number of alkyl halides is 3. The minimum atomic E-state index is -4.48. The SMILES string of the molecule is CCc1cc(OCC(F)(F)F)ccc1[C@@]1(C)Cn2nc(-c3cccc(C)c3)c(NC(=O)CS(C)(=O)=O)c2C(=O)N1. The Morgan fingerprint density at radius 2 is 1.95 bits per heavy atom. The Bertz CT molecular complexity index is 1580. The molecular weight excluding hydrogens is 549 g/mol. The van der Waals surface area contributed by atoms with Crippen LogP contribution in [0.1, 0.15) is 41.0 Å². The molecule has 1 atom stereocenters. The van der Waals surface area contributed by atoms with Crippen LogP contribution in [0.2, 0.25) is 0 Å². The summed E-state index contributed by atoms with van der Waals surface area (Å²) in [6.07, 6.45) is -3.09. The third kappa shape index (κ3) is 6.46. The van der Waals surface area contributed by atoms with Crippen molar-refractivity contribution < 1.29 is 35.9 Å². The number of rotatable bonds is 8. The molecule has 0 bridgehead atoms. The minimum Gasteiger partial charge on any atom is -0.484 e. The lowest BCUT2D eigenvalue weighted by atomic mass is 9.85. The molecule has 2 N–H and O–H groups in total. The third-order valence-corrected chi connectivity index (χ3v) is 7.21. The highest BCUT2D eigenvalue weighted by Crippen LogP contribution is 2.38. The summed E-state index contributed by atoms with van der Waals surface area (Å²) in [6.45, 7) is 4.19. The lowest BCUT2D eigenvalue weighted by Gasteiger charge is -2.37. The number of ether oxygens (including phenoxy) is 1. The van der Waals surface area contributed by atoms with E-state index in [1.165, 1.54) is 16.8 Å². The van der Waals surface area contributed by atoms with Gasteiger partial charge in [-0.2, -0.15) is 18.3 Å². The molecule has 2 amide bonds. The summed E-state index contributed by atoms with van der Waals surface area (Å²) in [6, 6.07) is 11.8. The smallest absolute Gasteiger partial charge is 0.422 e. The van der Waals surface area contributed by atoms with Crippen molar-refractivity contribution in [2.24, 2.45) is 0 Å². The van der Waals surface area contributed by atoms with Crippen LogP contribution in [-0.4, -0.2) is 54.8 Å². The van der Waals surface area contributed by atoms with Crippen LogP contribution in [0.25, 0.3) is 11.3 Å². The van der Waals surface area contributed by atoms with E-state index in [0.29, 0.717) is 28.8 Å². The predicted molar refractivity (Wildman–Crippen MR) is 143 cm³/mol. The van der Waals surface area contributed by atoms with E-state index in [0.717, 1.165) is 11.8 Å². The first kappa shape index (κ1) is 29.1. The molecule has 13 heteroatoms. The van der Waals surface area contributed by atoms with E-state index < -0.39 is 45.7 Å². The van der Waals surface area contributed by atoms with E-state index in [1.54, 1.807) is 25.1 Å². The largest absolute Gasteiger partial charge is 0.484 e. The summed E-state index contributed by atoms with van der Waals surface area (Å²) in [7, 11) is -3.64. The summed E-state index contributed by atoms with van der Waals surface area (Å²) in [5.41, 5.74) is 2.30. The maximum atomic E-state index is 13.6. The molecule has 0 aliphatic carbocycles. The summed E-state index contributed by atoms with van der Waals surface area (Å²) in [4.78, 5) is 26.2. The molecular formula is C27H29F3N4O5S. The van der Waals surface area contributed by atoms with Gasteiger partial charge in [-0.3, -0.25) is 14.3 Å². The van der Waals surface area contributed by atoms with Crippen molar-refractivity contribution in [3.05, 3.63) is 64.8 Å². The van der Waals surface area contributed by atoms with Gasteiger partial charge in [0.15, 0.2) is 22.1 Å². The van der Waals surface area contributed by atoms with Crippen molar-refractivity contribution in [2.45, 2.75) is 45.5 Å². The highest BCUT2D eigenvalue weighted by atomic mass is 32.2. The van der Waals surface area contributed by atoms with Crippen molar-refractivity contribution in [3.8, 4) is 17.0 Å².